The van der Waals surface area contributed by atoms with Crippen molar-refractivity contribution in [1.82, 2.24) is 0 Å². The van der Waals surface area contributed by atoms with E-state index in [0.717, 1.165) is 12.1 Å². The Kier molecular flexibility index (Phi) is 3.34. The highest BCUT2D eigenvalue weighted by atomic mass is 32.2. The largest absolute Gasteiger partial charge is 0.508 e. The van der Waals surface area contributed by atoms with Crippen molar-refractivity contribution in [1.29, 1.82) is 0 Å². The van der Waals surface area contributed by atoms with Gasteiger partial charge in [0.2, 0.25) is 0 Å². The molecular weight excluding hydrogens is 255 g/mol. The number of benzene rings is 2. The van der Waals surface area contributed by atoms with Gasteiger partial charge in [0.15, 0.2) is 9.84 Å². The molecule has 0 fully saturated rings. The Bertz CT molecular complexity index is 631. The molecule has 94 valence electrons. The zero-order chi connectivity index (χ0) is 13.2. The summed E-state index contributed by atoms with van der Waals surface area (Å²) in [5.41, 5.74) is 0.567. The van der Waals surface area contributed by atoms with E-state index in [4.69, 9.17) is 5.11 Å². The van der Waals surface area contributed by atoms with E-state index < -0.39 is 15.7 Å². The number of halogens is 1. The van der Waals surface area contributed by atoms with Gasteiger partial charge in [-0.3, -0.25) is 0 Å². The highest BCUT2D eigenvalue weighted by Gasteiger charge is 2.15. The minimum atomic E-state index is -3.49. The number of phenolic OH excluding ortho intramolecular Hbond substituents is 1. The lowest BCUT2D eigenvalue weighted by atomic mass is 10.2. The van der Waals surface area contributed by atoms with Crippen molar-refractivity contribution in [2.75, 3.05) is 0 Å². The molecule has 0 aliphatic rings. The van der Waals surface area contributed by atoms with Crippen molar-refractivity contribution >= 4 is 9.84 Å². The van der Waals surface area contributed by atoms with Gasteiger partial charge in [0, 0.05) is 0 Å². The standard InChI is InChI=1S/C13H11FO3S/c14-11-3-7-13(8-4-11)18(16,17)9-10-1-5-12(15)6-2-10/h1-8,15H,9H2. The van der Waals surface area contributed by atoms with Crippen LogP contribution in [0.25, 0.3) is 0 Å². The second-order valence-electron chi connectivity index (χ2n) is 3.88. The van der Waals surface area contributed by atoms with Crippen LogP contribution in [0.4, 0.5) is 4.39 Å². The van der Waals surface area contributed by atoms with Gasteiger partial charge < -0.3 is 5.11 Å². The number of sulfone groups is 1. The van der Waals surface area contributed by atoms with Crippen molar-refractivity contribution in [2.45, 2.75) is 10.6 Å². The lowest BCUT2D eigenvalue weighted by molar-refractivity contribution is 0.475. The smallest absolute Gasteiger partial charge is 0.182 e. The monoisotopic (exact) mass is 266 g/mol. The molecule has 0 saturated heterocycles. The van der Waals surface area contributed by atoms with Crippen LogP contribution in [0.1, 0.15) is 5.56 Å². The summed E-state index contributed by atoms with van der Waals surface area (Å²) in [4.78, 5) is 0.0805. The normalized spacial score (nSPS) is 11.4. The number of phenols is 1. The third kappa shape index (κ3) is 2.87. The molecule has 0 amide bonds. The van der Waals surface area contributed by atoms with E-state index in [0.29, 0.717) is 5.56 Å². The Morgan fingerprint density at radius 2 is 1.50 bits per heavy atom. The molecule has 18 heavy (non-hydrogen) atoms. The van der Waals surface area contributed by atoms with Crippen LogP contribution < -0.4 is 0 Å². The summed E-state index contributed by atoms with van der Waals surface area (Å²) >= 11 is 0. The highest BCUT2D eigenvalue weighted by Crippen LogP contribution is 2.18. The summed E-state index contributed by atoms with van der Waals surface area (Å²) < 4.78 is 36.7. The summed E-state index contributed by atoms with van der Waals surface area (Å²) in [6.45, 7) is 0. The number of rotatable bonds is 3. The molecule has 0 aromatic heterocycles. The van der Waals surface area contributed by atoms with Gasteiger partial charge >= 0.3 is 0 Å². The van der Waals surface area contributed by atoms with Crippen LogP contribution in [0, 0.1) is 5.82 Å². The second-order valence-corrected chi connectivity index (χ2v) is 5.87. The van der Waals surface area contributed by atoms with Crippen molar-refractivity contribution in [3.05, 3.63) is 59.9 Å². The Morgan fingerprint density at radius 1 is 0.944 bits per heavy atom. The molecule has 2 aromatic rings. The summed E-state index contributed by atoms with van der Waals surface area (Å²) in [7, 11) is -3.49. The summed E-state index contributed by atoms with van der Waals surface area (Å²) in [6, 6.07) is 10.6. The molecule has 3 nitrogen and oxygen atoms in total. The molecule has 0 bridgehead atoms. The summed E-state index contributed by atoms with van der Waals surface area (Å²) in [5, 5.41) is 9.11. The van der Waals surface area contributed by atoms with Crippen LogP contribution in [0.2, 0.25) is 0 Å². The van der Waals surface area contributed by atoms with Crippen LogP contribution in [0.15, 0.2) is 53.4 Å². The molecular formula is C13H11FO3S. The SMILES string of the molecule is O=S(=O)(Cc1ccc(O)cc1)c1ccc(F)cc1. The fraction of sp³-hybridized carbons (Fsp3) is 0.0769. The molecule has 0 aliphatic carbocycles. The van der Waals surface area contributed by atoms with E-state index in [9.17, 15) is 12.8 Å². The highest BCUT2D eigenvalue weighted by molar-refractivity contribution is 7.90. The molecule has 1 N–H and O–H groups in total. The molecule has 0 radical (unpaired) electrons. The summed E-state index contributed by atoms with van der Waals surface area (Å²) in [6.07, 6.45) is 0. The van der Waals surface area contributed by atoms with Crippen molar-refractivity contribution in [3.63, 3.8) is 0 Å². The average molecular weight is 266 g/mol. The molecule has 0 heterocycles. The minimum Gasteiger partial charge on any atom is -0.508 e. The van der Waals surface area contributed by atoms with Gasteiger partial charge in [-0.1, -0.05) is 12.1 Å². The van der Waals surface area contributed by atoms with Gasteiger partial charge in [0.25, 0.3) is 0 Å². The van der Waals surface area contributed by atoms with Crippen molar-refractivity contribution < 1.29 is 17.9 Å². The molecule has 0 aliphatic heterocycles. The van der Waals surface area contributed by atoms with Crippen LogP contribution >= 0.6 is 0 Å². The van der Waals surface area contributed by atoms with Gasteiger partial charge in [0.05, 0.1) is 10.6 Å². The quantitative estimate of drug-likeness (QED) is 0.868. The Labute approximate surface area is 104 Å². The van der Waals surface area contributed by atoms with E-state index >= 15 is 0 Å². The van der Waals surface area contributed by atoms with Gasteiger partial charge in [-0.15, -0.1) is 0 Å². The van der Waals surface area contributed by atoms with Crippen LogP contribution in [0.5, 0.6) is 5.75 Å². The first-order valence-electron chi connectivity index (χ1n) is 5.24. The Hall–Kier alpha value is -1.88. The van der Waals surface area contributed by atoms with Gasteiger partial charge in [0.1, 0.15) is 11.6 Å². The summed E-state index contributed by atoms with van der Waals surface area (Å²) in [5.74, 6) is -0.574. The third-order valence-electron chi connectivity index (χ3n) is 2.47. The fourth-order valence-electron chi connectivity index (χ4n) is 1.54. The first-order valence-corrected chi connectivity index (χ1v) is 6.89. The zero-order valence-electron chi connectivity index (χ0n) is 9.38. The molecule has 0 atom stereocenters. The van der Waals surface area contributed by atoms with Crippen LogP contribution in [-0.4, -0.2) is 13.5 Å². The van der Waals surface area contributed by atoms with Gasteiger partial charge in [-0.2, -0.15) is 0 Å². The molecule has 2 rings (SSSR count). The Morgan fingerprint density at radius 3 is 2.06 bits per heavy atom. The average Bonchev–Trinajstić information content (AvgIpc) is 2.32. The van der Waals surface area contributed by atoms with Gasteiger partial charge in [-0.05, 0) is 42.0 Å². The predicted molar refractivity (Wildman–Crippen MR) is 65.4 cm³/mol. The third-order valence-corrected chi connectivity index (χ3v) is 4.17. The predicted octanol–water partition coefficient (Wildman–Crippen LogP) is 2.51. The van der Waals surface area contributed by atoms with E-state index in [1.807, 2.05) is 0 Å². The van der Waals surface area contributed by atoms with E-state index in [1.165, 1.54) is 36.4 Å². The molecule has 0 unspecified atom stereocenters. The van der Waals surface area contributed by atoms with Gasteiger partial charge in [-0.25, -0.2) is 12.8 Å². The molecule has 5 heteroatoms. The van der Waals surface area contributed by atoms with E-state index in [-0.39, 0.29) is 16.4 Å². The zero-order valence-corrected chi connectivity index (χ0v) is 10.2. The lowest BCUT2D eigenvalue weighted by Crippen LogP contribution is -2.04. The number of hydrogen-bond acceptors (Lipinski definition) is 3. The molecule has 0 spiro atoms. The maximum atomic E-state index is 12.7. The van der Waals surface area contributed by atoms with Crippen molar-refractivity contribution in [2.24, 2.45) is 0 Å². The molecule has 2 aromatic carbocycles. The number of aromatic hydroxyl groups is 1. The second kappa shape index (κ2) is 4.78. The lowest BCUT2D eigenvalue weighted by Gasteiger charge is -2.04. The fourth-order valence-corrected chi connectivity index (χ4v) is 2.89. The first-order chi connectivity index (χ1) is 8.47. The molecule has 0 saturated carbocycles. The Balaban J connectivity index is 2.27. The topological polar surface area (TPSA) is 54.4 Å². The van der Waals surface area contributed by atoms with Crippen molar-refractivity contribution in [3.8, 4) is 5.75 Å². The maximum Gasteiger partial charge on any atom is 0.182 e. The van der Waals surface area contributed by atoms with E-state index in [1.54, 1.807) is 0 Å². The first kappa shape index (κ1) is 12.6. The number of hydrogen-bond donors (Lipinski definition) is 1. The van der Waals surface area contributed by atoms with Crippen LogP contribution in [-0.2, 0) is 15.6 Å². The minimum absolute atomic E-state index is 0.0805. The van der Waals surface area contributed by atoms with E-state index in [2.05, 4.69) is 0 Å². The van der Waals surface area contributed by atoms with Crippen LogP contribution in [0.3, 0.4) is 0 Å². The maximum absolute atomic E-state index is 12.7.